The molecule has 0 saturated carbocycles. The highest BCUT2D eigenvalue weighted by atomic mass is 32.2. The van der Waals surface area contributed by atoms with Crippen molar-refractivity contribution in [2.45, 2.75) is 11.1 Å². The van der Waals surface area contributed by atoms with Gasteiger partial charge in [0.05, 0.1) is 5.69 Å². The minimum atomic E-state index is -1.37. The molecule has 1 heterocycles. The number of nitrogens with zero attached hydrogens (tertiary/aromatic N) is 3. The van der Waals surface area contributed by atoms with E-state index in [0.717, 1.165) is 11.0 Å². The lowest BCUT2D eigenvalue weighted by molar-refractivity contribution is -0.284. The molecule has 1 aliphatic rings. The molecule has 26 heavy (non-hydrogen) atoms. The Morgan fingerprint density at radius 3 is 2.50 bits per heavy atom. The number of carbonyl (C=O) groups excluding carboxylic acids is 2. The summed E-state index contributed by atoms with van der Waals surface area (Å²) in [5, 5.41) is 10.7. The smallest absolute Gasteiger partial charge is 0.334 e. The van der Waals surface area contributed by atoms with Gasteiger partial charge in [0.2, 0.25) is 0 Å². The number of likely N-dealkylation sites (N-methyl/N-ethyl adjacent to an activating group) is 1. The zero-order valence-corrected chi connectivity index (χ0v) is 14.2. The van der Waals surface area contributed by atoms with Crippen LogP contribution in [0.2, 0.25) is 0 Å². The van der Waals surface area contributed by atoms with Gasteiger partial charge in [-0.25, -0.2) is 14.1 Å². The lowest BCUT2D eigenvalue weighted by Gasteiger charge is -2.18. The number of urea groups is 1. The maximum absolute atomic E-state index is 14.0. The first-order valence-corrected chi connectivity index (χ1v) is 8.11. The van der Waals surface area contributed by atoms with Gasteiger partial charge in [0.1, 0.15) is 20.8 Å². The number of rotatable bonds is 5. The average molecular weight is 377 g/mol. The lowest BCUT2D eigenvalue weighted by atomic mass is 10.3. The van der Waals surface area contributed by atoms with E-state index >= 15 is 0 Å². The molecule has 134 valence electrons. The van der Waals surface area contributed by atoms with Crippen LogP contribution in [-0.2, 0) is 4.79 Å². The number of ether oxygens (including phenoxy) is 1. The van der Waals surface area contributed by atoms with Crippen LogP contribution in [0.15, 0.2) is 53.4 Å². The van der Waals surface area contributed by atoms with E-state index in [-0.39, 0.29) is 16.3 Å². The van der Waals surface area contributed by atoms with Gasteiger partial charge in [-0.3, -0.25) is 19.8 Å². The molecule has 0 aliphatic carbocycles. The summed E-state index contributed by atoms with van der Waals surface area (Å²) >= 11 is 0.320. The molecule has 1 atom stereocenters. The molecule has 2 aromatic carbocycles. The molecule has 0 aromatic heterocycles. The van der Waals surface area contributed by atoms with Gasteiger partial charge in [-0.2, -0.15) is 0 Å². The van der Waals surface area contributed by atoms with Gasteiger partial charge in [0, 0.05) is 7.05 Å². The summed E-state index contributed by atoms with van der Waals surface area (Å²) in [4.78, 5) is 37.7. The summed E-state index contributed by atoms with van der Waals surface area (Å²) in [6.07, 6.45) is -1.37. The Balaban J connectivity index is 1.91. The molecule has 3 rings (SSSR count). The van der Waals surface area contributed by atoms with Crippen molar-refractivity contribution in [3.8, 4) is 5.75 Å². The number of nitro groups is 1. The van der Waals surface area contributed by atoms with Crippen molar-refractivity contribution in [2.75, 3.05) is 11.9 Å². The highest BCUT2D eigenvalue weighted by molar-refractivity contribution is 7.93. The molecule has 1 unspecified atom stereocenters. The number of carbonyl (C=O) groups is 2. The SMILES string of the molecule is CN1C(=O)N(c2ccccc2F)C(=O)C1Oc1ccccc1S[N+](=O)[O-]. The third-order valence-electron chi connectivity index (χ3n) is 3.63. The normalized spacial score (nSPS) is 16.9. The van der Waals surface area contributed by atoms with Gasteiger partial charge in [0.15, 0.2) is 0 Å². The van der Waals surface area contributed by atoms with Gasteiger partial charge in [-0.15, -0.1) is 0 Å². The highest BCUT2D eigenvalue weighted by Crippen LogP contribution is 2.33. The summed E-state index contributed by atoms with van der Waals surface area (Å²) in [6, 6.07) is 10.7. The molecule has 1 aliphatic heterocycles. The van der Waals surface area contributed by atoms with Crippen molar-refractivity contribution in [3.63, 3.8) is 0 Å². The summed E-state index contributed by atoms with van der Waals surface area (Å²) in [5.41, 5.74) is -0.187. The monoisotopic (exact) mass is 377 g/mol. The van der Waals surface area contributed by atoms with Crippen LogP contribution < -0.4 is 9.64 Å². The van der Waals surface area contributed by atoms with Gasteiger partial charge in [-0.1, -0.05) is 24.3 Å². The van der Waals surface area contributed by atoms with Crippen LogP contribution in [0.5, 0.6) is 5.75 Å². The van der Waals surface area contributed by atoms with Crippen LogP contribution >= 0.6 is 11.9 Å². The minimum absolute atomic E-state index is 0.0718. The number of benzene rings is 2. The zero-order chi connectivity index (χ0) is 18.8. The van der Waals surface area contributed by atoms with E-state index in [1.807, 2.05) is 0 Å². The Morgan fingerprint density at radius 1 is 1.15 bits per heavy atom. The Bertz CT molecular complexity index is 894. The molecule has 8 nitrogen and oxygen atoms in total. The van der Waals surface area contributed by atoms with Gasteiger partial charge < -0.3 is 4.74 Å². The number of para-hydroxylation sites is 2. The molecule has 1 fully saturated rings. The number of hydrogen-bond donors (Lipinski definition) is 0. The van der Waals surface area contributed by atoms with E-state index in [2.05, 4.69) is 0 Å². The van der Waals surface area contributed by atoms with Crippen molar-refractivity contribution >= 4 is 29.6 Å². The zero-order valence-electron chi connectivity index (χ0n) is 13.4. The van der Waals surface area contributed by atoms with Crippen LogP contribution in [0.1, 0.15) is 0 Å². The predicted octanol–water partition coefficient (Wildman–Crippen LogP) is 2.91. The first kappa shape index (κ1) is 17.7. The Hall–Kier alpha value is -3.14. The second-order valence-corrected chi connectivity index (χ2v) is 6.17. The fourth-order valence-electron chi connectivity index (χ4n) is 2.44. The second kappa shape index (κ2) is 7.00. The molecule has 3 amide bonds. The predicted molar refractivity (Wildman–Crippen MR) is 90.8 cm³/mol. The van der Waals surface area contributed by atoms with Gasteiger partial charge >= 0.3 is 6.03 Å². The molecular formula is C16H12FN3O5S. The molecule has 2 aromatic rings. The third kappa shape index (κ3) is 3.18. The highest BCUT2D eigenvalue weighted by Gasteiger charge is 2.46. The number of amides is 3. The standard InChI is InChI=1S/C16H12FN3O5S/c1-18-15(25-12-8-4-5-9-13(12)26-20(23)24)14(21)19(16(18)22)11-7-3-2-6-10(11)17/h2-9,15H,1H3. The van der Waals surface area contributed by atoms with Crippen molar-refractivity contribution in [1.82, 2.24) is 4.90 Å². The van der Waals surface area contributed by atoms with E-state index in [4.69, 9.17) is 4.74 Å². The van der Waals surface area contributed by atoms with E-state index in [0.29, 0.717) is 16.8 Å². The molecule has 0 bridgehead atoms. The third-order valence-corrected chi connectivity index (χ3v) is 4.31. The topological polar surface area (TPSA) is 93.0 Å². The number of anilines is 1. The van der Waals surface area contributed by atoms with Crippen molar-refractivity contribution < 1.29 is 23.0 Å². The van der Waals surface area contributed by atoms with Crippen LogP contribution in [0.25, 0.3) is 0 Å². The number of imide groups is 1. The number of halogens is 1. The molecule has 0 radical (unpaired) electrons. The van der Waals surface area contributed by atoms with Crippen LogP contribution in [0.4, 0.5) is 14.9 Å². The quantitative estimate of drug-likeness (QED) is 0.344. The van der Waals surface area contributed by atoms with Crippen molar-refractivity contribution in [2.24, 2.45) is 0 Å². The van der Waals surface area contributed by atoms with Crippen molar-refractivity contribution in [1.29, 1.82) is 0 Å². The molecule has 0 spiro atoms. The largest absolute Gasteiger partial charge is 0.459 e. The van der Waals surface area contributed by atoms with Crippen molar-refractivity contribution in [3.05, 3.63) is 64.5 Å². The van der Waals surface area contributed by atoms with Gasteiger partial charge in [0.25, 0.3) is 24.1 Å². The Kier molecular flexibility index (Phi) is 4.76. The van der Waals surface area contributed by atoms with Crippen LogP contribution in [-0.4, -0.2) is 34.4 Å². The molecule has 1 saturated heterocycles. The number of hydrogen-bond acceptors (Lipinski definition) is 6. The van der Waals surface area contributed by atoms with E-state index < -0.39 is 28.3 Å². The first-order valence-electron chi connectivity index (χ1n) is 7.33. The lowest BCUT2D eigenvalue weighted by Crippen LogP contribution is -2.36. The summed E-state index contributed by atoms with van der Waals surface area (Å²) in [5.74, 6) is -1.45. The minimum Gasteiger partial charge on any atom is -0.459 e. The fourth-order valence-corrected chi connectivity index (χ4v) is 2.94. The summed E-state index contributed by atoms with van der Waals surface area (Å²) in [6.45, 7) is 0. The van der Waals surface area contributed by atoms with Crippen LogP contribution in [0, 0.1) is 15.9 Å². The molecule has 10 heteroatoms. The second-order valence-electron chi connectivity index (χ2n) is 5.25. The van der Waals surface area contributed by atoms with E-state index in [9.17, 15) is 24.1 Å². The van der Waals surface area contributed by atoms with Gasteiger partial charge in [-0.05, 0) is 24.3 Å². The fraction of sp³-hybridized carbons (Fsp3) is 0.125. The Labute approximate surface area is 151 Å². The summed E-state index contributed by atoms with van der Waals surface area (Å²) in [7, 11) is 1.33. The van der Waals surface area contributed by atoms with Crippen LogP contribution in [0.3, 0.4) is 0 Å². The first-order chi connectivity index (χ1) is 12.4. The summed E-state index contributed by atoms with van der Waals surface area (Å²) < 4.78 is 18.9. The average Bonchev–Trinajstić information content (AvgIpc) is 2.80. The maximum Gasteiger partial charge on any atom is 0.334 e. The molecular weight excluding hydrogens is 365 g/mol. The maximum atomic E-state index is 14.0. The van der Waals surface area contributed by atoms with E-state index in [1.165, 1.54) is 37.4 Å². The Morgan fingerprint density at radius 2 is 1.81 bits per heavy atom. The molecule has 0 N–H and O–H groups in total. The van der Waals surface area contributed by atoms with E-state index in [1.54, 1.807) is 12.1 Å².